The van der Waals surface area contributed by atoms with Gasteiger partial charge < -0.3 is 5.32 Å². The molecule has 92 valence electrons. The first-order valence-corrected chi connectivity index (χ1v) is 6.42. The molecule has 0 saturated heterocycles. The number of pyridine rings is 1. The Bertz CT molecular complexity index is 435. The highest BCUT2D eigenvalue weighted by Gasteiger charge is 2.24. The zero-order valence-corrected chi connectivity index (χ0v) is 11.1. The lowest BCUT2D eigenvalue weighted by Gasteiger charge is -2.14. The summed E-state index contributed by atoms with van der Waals surface area (Å²) in [5.74, 6) is 1.51. The van der Waals surface area contributed by atoms with Gasteiger partial charge in [0.25, 0.3) is 5.69 Å². The lowest BCUT2D eigenvalue weighted by Crippen LogP contribution is -2.17. The van der Waals surface area contributed by atoms with Gasteiger partial charge in [-0.2, -0.15) is 0 Å². The van der Waals surface area contributed by atoms with Gasteiger partial charge in [0.2, 0.25) is 0 Å². The van der Waals surface area contributed by atoms with Gasteiger partial charge in [0.05, 0.1) is 9.40 Å². The van der Waals surface area contributed by atoms with Crippen LogP contribution in [0.15, 0.2) is 16.7 Å². The van der Waals surface area contributed by atoms with Crippen molar-refractivity contribution in [1.29, 1.82) is 0 Å². The maximum absolute atomic E-state index is 10.6. The lowest BCUT2D eigenvalue weighted by atomic mass is 10.1. The topological polar surface area (TPSA) is 68.1 Å². The summed E-state index contributed by atoms with van der Waals surface area (Å²) < 4.78 is 0.634. The number of aromatic nitrogens is 1. The minimum Gasteiger partial charge on any atom is -0.367 e. The number of halogens is 1. The zero-order valence-electron chi connectivity index (χ0n) is 9.52. The van der Waals surface area contributed by atoms with Gasteiger partial charge in [0, 0.05) is 12.1 Å². The van der Waals surface area contributed by atoms with Crippen molar-refractivity contribution in [2.45, 2.75) is 32.2 Å². The average Bonchev–Trinajstić information content (AvgIpc) is 3.04. The third-order valence-corrected chi connectivity index (χ3v) is 3.41. The van der Waals surface area contributed by atoms with Crippen LogP contribution in [-0.4, -0.2) is 15.9 Å². The molecule has 0 spiro atoms. The van der Waals surface area contributed by atoms with Gasteiger partial charge in [-0.05, 0) is 35.2 Å². The number of nitro groups is 1. The molecule has 1 saturated carbocycles. The Balaban J connectivity index is 2.02. The predicted octanol–water partition coefficient (Wildman–Crippen LogP) is 3.35. The van der Waals surface area contributed by atoms with E-state index in [0.29, 0.717) is 16.3 Å². The monoisotopic (exact) mass is 299 g/mol. The van der Waals surface area contributed by atoms with Crippen molar-refractivity contribution in [3.05, 3.63) is 26.9 Å². The highest BCUT2D eigenvalue weighted by molar-refractivity contribution is 9.10. The van der Waals surface area contributed by atoms with Crippen LogP contribution in [-0.2, 0) is 0 Å². The molecule has 5 nitrogen and oxygen atoms in total. The Labute approximate surface area is 108 Å². The van der Waals surface area contributed by atoms with Crippen LogP contribution in [0.1, 0.15) is 26.2 Å². The van der Waals surface area contributed by atoms with E-state index in [2.05, 4.69) is 33.2 Å². The van der Waals surface area contributed by atoms with E-state index in [-0.39, 0.29) is 5.69 Å². The van der Waals surface area contributed by atoms with Crippen molar-refractivity contribution < 1.29 is 4.92 Å². The van der Waals surface area contributed by atoms with Crippen molar-refractivity contribution >= 4 is 27.4 Å². The summed E-state index contributed by atoms with van der Waals surface area (Å²) >= 11 is 3.30. The van der Waals surface area contributed by atoms with Crippen LogP contribution in [0, 0.1) is 16.0 Å². The molecule has 0 radical (unpaired) electrons. The summed E-state index contributed by atoms with van der Waals surface area (Å²) in [7, 11) is 0. The van der Waals surface area contributed by atoms with Crippen molar-refractivity contribution in [2.24, 2.45) is 5.92 Å². The van der Waals surface area contributed by atoms with E-state index in [1.807, 2.05) is 0 Å². The largest absolute Gasteiger partial charge is 0.367 e. The van der Waals surface area contributed by atoms with E-state index < -0.39 is 4.92 Å². The Hall–Kier alpha value is -1.17. The van der Waals surface area contributed by atoms with Crippen molar-refractivity contribution in [2.75, 3.05) is 5.32 Å². The predicted molar refractivity (Wildman–Crippen MR) is 69.0 cm³/mol. The molecule has 1 aliphatic carbocycles. The molecule has 1 N–H and O–H groups in total. The first-order valence-electron chi connectivity index (χ1n) is 5.62. The Morgan fingerprint density at radius 2 is 2.41 bits per heavy atom. The van der Waals surface area contributed by atoms with E-state index in [1.54, 1.807) is 0 Å². The third kappa shape index (κ3) is 3.39. The van der Waals surface area contributed by atoms with Gasteiger partial charge >= 0.3 is 0 Å². The van der Waals surface area contributed by atoms with Crippen LogP contribution in [0.4, 0.5) is 11.5 Å². The molecule has 2 rings (SSSR count). The third-order valence-electron chi connectivity index (χ3n) is 2.80. The summed E-state index contributed by atoms with van der Waals surface area (Å²) in [6, 6.07) is 1.81. The summed E-state index contributed by atoms with van der Waals surface area (Å²) in [6.45, 7) is 2.11. The standard InChI is InChI=1S/C11H14BrN3O2/c1-7(4-8-2-3-8)14-11-10(12)5-9(6-13-11)15(16)17/h5-8H,2-4H2,1H3,(H,13,14). The van der Waals surface area contributed by atoms with Crippen LogP contribution in [0.2, 0.25) is 0 Å². The van der Waals surface area contributed by atoms with Gasteiger partial charge in [-0.15, -0.1) is 0 Å². The second-order valence-corrected chi connectivity index (χ2v) is 5.36. The number of rotatable bonds is 5. The molecule has 1 aromatic heterocycles. The number of hydrogen-bond acceptors (Lipinski definition) is 4. The van der Waals surface area contributed by atoms with Crippen molar-refractivity contribution in [3.8, 4) is 0 Å². The molecule has 6 heteroatoms. The molecule has 1 aromatic rings. The number of nitrogens with zero attached hydrogens (tertiary/aromatic N) is 2. The Kier molecular flexibility index (Phi) is 3.61. The molecule has 1 fully saturated rings. The molecule has 0 bridgehead atoms. The quantitative estimate of drug-likeness (QED) is 0.669. The van der Waals surface area contributed by atoms with Crippen LogP contribution in [0.5, 0.6) is 0 Å². The molecular formula is C11H14BrN3O2. The smallest absolute Gasteiger partial charge is 0.288 e. The van der Waals surface area contributed by atoms with E-state index in [1.165, 1.54) is 25.1 Å². The van der Waals surface area contributed by atoms with E-state index in [9.17, 15) is 10.1 Å². The lowest BCUT2D eigenvalue weighted by molar-refractivity contribution is -0.385. The van der Waals surface area contributed by atoms with E-state index >= 15 is 0 Å². The van der Waals surface area contributed by atoms with E-state index in [0.717, 1.165) is 12.3 Å². The van der Waals surface area contributed by atoms with Gasteiger partial charge in [0.1, 0.15) is 12.0 Å². The van der Waals surface area contributed by atoms with Gasteiger partial charge in [-0.1, -0.05) is 12.8 Å². The molecule has 1 unspecified atom stereocenters. The molecule has 1 atom stereocenters. The average molecular weight is 300 g/mol. The molecular weight excluding hydrogens is 286 g/mol. The maximum atomic E-state index is 10.6. The fourth-order valence-electron chi connectivity index (χ4n) is 1.78. The van der Waals surface area contributed by atoms with Crippen LogP contribution >= 0.6 is 15.9 Å². The summed E-state index contributed by atoms with van der Waals surface area (Å²) in [4.78, 5) is 14.2. The van der Waals surface area contributed by atoms with E-state index in [4.69, 9.17) is 0 Å². The van der Waals surface area contributed by atoms with Gasteiger partial charge in [-0.25, -0.2) is 4.98 Å². The minimum atomic E-state index is -0.449. The molecule has 0 aliphatic heterocycles. The Morgan fingerprint density at radius 1 is 1.71 bits per heavy atom. The fourth-order valence-corrected chi connectivity index (χ4v) is 2.23. The summed E-state index contributed by atoms with van der Waals surface area (Å²) in [5, 5.41) is 13.8. The summed E-state index contributed by atoms with van der Waals surface area (Å²) in [6.07, 6.45) is 5.05. The first-order chi connectivity index (χ1) is 8.06. The minimum absolute atomic E-state index is 0.00253. The number of anilines is 1. The number of nitrogens with one attached hydrogen (secondary N) is 1. The molecule has 17 heavy (non-hydrogen) atoms. The first kappa shape index (κ1) is 12.3. The van der Waals surface area contributed by atoms with Gasteiger partial charge in [0.15, 0.2) is 0 Å². The Morgan fingerprint density at radius 3 is 2.94 bits per heavy atom. The highest BCUT2D eigenvalue weighted by atomic mass is 79.9. The van der Waals surface area contributed by atoms with Crippen molar-refractivity contribution in [1.82, 2.24) is 4.98 Å². The van der Waals surface area contributed by atoms with Crippen LogP contribution in [0.3, 0.4) is 0 Å². The normalized spacial score (nSPS) is 16.6. The molecule has 0 amide bonds. The maximum Gasteiger partial charge on any atom is 0.288 e. The molecule has 1 aliphatic rings. The van der Waals surface area contributed by atoms with Crippen molar-refractivity contribution in [3.63, 3.8) is 0 Å². The molecule has 1 heterocycles. The molecule has 0 aromatic carbocycles. The van der Waals surface area contributed by atoms with Crippen LogP contribution in [0.25, 0.3) is 0 Å². The SMILES string of the molecule is CC(CC1CC1)Nc1ncc([N+](=O)[O-])cc1Br. The zero-order chi connectivity index (χ0) is 12.4. The summed E-state index contributed by atoms with van der Waals surface area (Å²) in [5.41, 5.74) is -0.00253. The second kappa shape index (κ2) is 5.00. The fraction of sp³-hybridized carbons (Fsp3) is 0.545. The highest BCUT2D eigenvalue weighted by Crippen LogP contribution is 2.34. The van der Waals surface area contributed by atoms with Crippen LogP contribution < -0.4 is 5.32 Å². The second-order valence-electron chi connectivity index (χ2n) is 4.51. The number of hydrogen-bond donors (Lipinski definition) is 1. The van der Waals surface area contributed by atoms with Gasteiger partial charge in [-0.3, -0.25) is 10.1 Å².